The number of allylic oxidation sites excluding steroid dienone is 1. The van der Waals surface area contributed by atoms with Crippen LogP contribution >= 0.6 is 0 Å². The molecule has 2 saturated carbocycles. The molecule has 2 atom stereocenters. The number of nitrogens with zero attached hydrogens (tertiary/aromatic N) is 1. The first-order chi connectivity index (χ1) is 10.5. The van der Waals surface area contributed by atoms with Crippen molar-refractivity contribution in [2.24, 2.45) is 16.7 Å². The molecule has 2 unspecified atom stereocenters. The van der Waals surface area contributed by atoms with Crippen LogP contribution in [0.15, 0.2) is 23.8 Å². The highest BCUT2D eigenvalue weighted by Gasteiger charge is 2.63. The topological polar surface area (TPSA) is 17.1 Å². The van der Waals surface area contributed by atoms with E-state index in [4.69, 9.17) is 0 Å². The Hall–Kier alpha value is -1.41. The van der Waals surface area contributed by atoms with Crippen LogP contribution in [0.3, 0.4) is 0 Å². The van der Waals surface area contributed by atoms with Gasteiger partial charge in [0.15, 0.2) is 5.78 Å². The predicted octanol–water partition coefficient (Wildman–Crippen LogP) is 4.60. The number of ketones is 1. The highest BCUT2D eigenvalue weighted by Crippen LogP contribution is 2.65. The van der Waals surface area contributed by atoms with Gasteiger partial charge in [-0.3, -0.25) is 9.28 Å². The van der Waals surface area contributed by atoms with Gasteiger partial charge in [0.2, 0.25) is 0 Å². The van der Waals surface area contributed by atoms with Gasteiger partial charge in [0.25, 0.3) is 0 Å². The average molecular weight is 312 g/mol. The van der Waals surface area contributed by atoms with Gasteiger partial charge in [0.05, 0.1) is 21.1 Å². The number of Topliss-reactive ketones (excluding diaryl/α,β-unsaturated/α-hetero) is 1. The zero-order valence-corrected chi connectivity index (χ0v) is 15.7. The molecule has 2 fully saturated rings. The molecule has 0 N–H and O–H groups in total. The van der Waals surface area contributed by atoms with Crippen molar-refractivity contribution >= 4 is 17.5 Å². The third-order valence-electron chi connectivity index (χ3n) is 6.58. The van der Waals surface area contributed by atoms with E-state index in [9.17, 15) is 4.79 Å². The molecule has 0 aromatic heterocycles. The van der Waals surface area contributed by atoms with Crippen molar-refractivity contribution in [1.82, 2.24) is 4.48 Å². The number of hydrogen-bond donors (Lipinski definition) is 0. The largest absolute Gasteiger partial charge is 0.298 e. The first-order valence-electron chi connectivity index (χ1n) is 8.67. The van der Waals surface area contributed by atoms with E-state index in [1.807, 2.05) is 0 Å². The van der Waals surface area contributed by atoms with E-state index in [2.05, 4.69) is 73.1 Å². The lowest BCUT2D eigenvalue weighted by Gasteiger charge is -2.31. The molecule has 2 bridgehead atoms. The van der Waals surface area contributed by atoms with Gasteiger partial charge in [0.1, 0.15) is 5.69 Å². The number of carbonyl (C=O) groups excluding carboxylic acids is 1. The minimum atomic E-state index is -0.177. The lowest BCUT2D eigenvalue weighted by Crippen LogP contribution is -2.35. The summed E-state index contributed by atoms with van der Waals surface area (Å²) in [6.45, 7) is 8.85. The van der Waals surface area contributed by atoms with Crippen molar-refractivity contribution in [1.29, 1.82) is 0 Å². The molecule has 0 aliphatic heterocycles. The Kier molecular flexibility index (Phi) is 3.43. The van der Waals surface area contributed by atoms with Crippen LogP contribution in [0.2, 0.25) is 0 Å². The summed E-state index contributed by atoms with van der Waals surface area (Å²) in [5, 5.41) is 0. The quantitative estimate of drug-likeness (QED) is 0.576. The van der Waals surface area contributed by atoms with Crippen LogP contribution in [0, 0.1) is 23.7 Å². The summed E-state index contributed by atoms with van der Waals surface area (Å²) in [5.41, 5.74) is 4.68. The van der Waals surface area contributed by atoms with Crippen molar-refractivity contribution in [3.63, 3.8) is 0 Å². The van der Waals surface area contributed by atoms with Crippen LogP contribution < -0.4 is 4.48 Å². The number of quaternary nitrogens is 1. The molecule has 1 aromatic carbocycles. The van der Waals surface area contributed by atoms with E-state index in [1.54, 1.807) is 0 Å². The number of fused-ring (bicyclic) bond motifs is 2. The van der Waals surface area contributed by atoms with Crippen molar-refractivity contribution in [2.45, 2.75) is 40.5 Å². The molecule has 1 aromatic rings. The lowest BCUT2D eigenvalue weighted by atomic mass is 9.70. The lowest BCUT2D eigenvalue weighted by molar-refractivity contribution is -0.125. The minimum absolute atomic E-state index is 0.0799. The molecule has 0 amide bonds. The van der Waals surface area contributed by atoms with E-state index in [0.29, 0.717) is 11.7 Å². The second-order valence-corrected chi connectivity index (χ2v) is 9.15. The first kappa shape index (κ1) is 16.4. The standard InChI is InChI=1S/C21H30NO/c1-14-8-9-18(22(5,6)7)15(12-14)13-16-17-10-11-21(4,19(16)23)20(17,2)3/h8-9,12-13,17H,10-11H2,1-7H3/q+1. The molecule has 2 heteroatoms. The van der Waals surface area contributed by atoms with Crippen LogP contribution in [-0.4, -0.2) is 26.9 Å². The SMILES string of the molecule is Cc1ccc([N+](C)(C)C)c(C=C2C(=O)C3(C)CCC2C3(C)C)c1. The molecule has 0 radical (unpaired) electrons. The Morgan fingerprint density at radius 3 is 2.35 bits per heavy atom. The number of rotatable bonds is 2. The van der Waals surface area contributed by atoms with Gasteiger partial charge in [-0.05, 0) is 49.3 Å². The van der Waals surface area contributed by atoms with Crippen LogP contribution in [0.25, 0.3) is 6.08 Å². The summed E-state index contributed by atoms with van der Waals surface area (Å²) in [7, 11) is 6.54. The minimum Gasteiger partial charge on any atom is -0.298 e. The molecular formula is C21H30NO+. The Balaban J connectivity index is 2.14. The fourth-order valence-corrected chi connectivity index (χ4v) is 4.66. The van der Waals surface area contributed by atoms with Crippen LogP contribution in [0.1, 0.15) is 44.7 Å². The molecule has 0 heterocycles. The third-order valence-corrected chi connectivity index (χ3v) is 6.58. The van der Waals surface area contributed by atoms with Crippen molar-refractivity contribution in [3.05, 3.63) is 34.9 Å². The molecule has 3 rings (SSSR count). The van der Waals surface area contributed by atoms with E-state index in [1.165, 1.54) is 16.8 Å². The molecule has 2 nitrogen and oxygen atoms in total. The molecule has 124 valence electrons. The number of benzene rings is 1. The van der Waals surface area contributed by atoms with Gasteiger partial charge in [-0.15, -0.1) is 0 Å². The number of carbonyl (C=O) groups is 1. The monoisotopic (exact) mass is 312 g/mol. The van der Waals surface area contributed by atoms with Crippen LogP contribution in [0.4, 0.5) is 5.69 Å². The summed E-state index contributed by atoms with van der Waals surface area (Å²) in [4.78, 5) is 13.1. The smallest absolute Gasteiger partial charge is 0.165 e. The van der Waals surface area contributed by atoms with Gasteiger partial charge in [0, 0.05) is 16.6 Å². The highest BCUT2D eigenvalue weighted by atomic mass is 16.1. The molecule has 23 heavy (non-hydrogen) atoms. The molecule has 0 saturated heterocycles. The third kappa shape index (κ3) is 2.22. The first-order valence-corrected chi connectivity index (χ1v) is 8.67. The van der Waals surface area contributed by atoms with Gasteiger partial charge in [-0.25, -0.2) is 0 Å². The summed E-state index contributed by atoms with van der Waals surface area (Å²) in [6, 6.07) is 6.58. The normalized spacial score (nSPS) is 31.2. The van der Waals surface area contributed by atoms with Crippen LogP contribution in [-0.2, 0) is 4.79 Å². The Bertz CT molecular complexity index is 705. The van der Waals surface area contributed by atoms with Crippen LogP contribution in [0.5, 0.6) is 0 Å². The van der Waals surface area contributed by atoms with Gasteiger partial charge >= 0.3 is 0 Å². The maximum Gasteiger partial charge on any atom is 0.165 e. The summed E-state index contributed by atoms with van der Waals surface area (Å²) < 4.78 is 0.763. The fourth-order valence-electron chi connectivity index (χ4n) is 4.66. The van der Waals surface area contributed by atoms with Gasteiger partial charge in [-0.1, -0.05) is 32.4 Å². The zero-order valence-electron chi connectivity index (χ0n) is 15.7. The highest BCUT2D eigenvalue weighted by molar-refractivity contribution is 6.08. The Morgan fingerprint density at radius 2 is 1.83 bits per heavy atom. The van der Waals surface area contributed by atoms with Crippen molar-refractivity contribution in [3.8, 4) is 0 Å². The van der Waals surface area contributed by atoms with E-state index >= 15 is 0 Å². The fraction of sp³-hybridized carbons (Fsp3) is 0.571. The number of hydrogen-bond acceptors (Lipinski definition) is 1. The Morgan fingerprint density at radius 1 is 1.17 bits per heavy atom. The van der Waals surface area contributed by atoms with E-state index in [0.717, 1.165) is 22.9 Å². The van der Waals surface area contributed by atoms with Crippen molar-refractivity contribution in [2.75, 3.05) is 21.1 Å². The zero-order chi connectivity index (χ0) is 17.2. The summed E-state index contributed by atoms with van der Waals surface area (Å²) in [5.74, 6) is 0.786. The second kappa shape index (κ2) is 4.80. The number of aryl methyl sites for hydroxylation is 1. The van der Waals surface area contributed by atoms with E-state index < -0.39 is 0 Å². The predicted molar refractivity (Wildman–Crippen MR) is 98.3 cm³/mol. The molecule has 2 aliphatic carbocycles. The molecule has 0 spiro atoms. The van der Waals surface area contributed by atoms with Gasteiger partial charge < -0.3 is 0 Å². The summed E-state index contributed by atoms with van der Waals surface area (Å²) >= 11 is 0. The molecular weight excluding hydrogens is 282 g/mol. The molecule has 2 aliphatic rings. The van der Waals surface area contributed by atoms with E-state index in [-0.39, 0.29) is 10.8 Å². The average Bonchev–Trinajstić information content (AvgIpc) is 2.72. The van der Waals surface area contributed by atoms with Gasteiger partial charge in [-0.2, -0.15) is 0 Å². The maximum atomic E-state index is 13.1. The Labute approximate surface area is 140 Å². The maximum absolute atomic E-state index is 13.1. The van der Waals surface area contributed by atoms with Crippen molar-refractivity contribution < 1.29 is 4.79 Å². The summed E-state index contributed by atoms with van der Waals surface area (Å²) in [6.07, 6.45) is 4.38. The second-order valence-electron chi connectivity index (χ2n) is 9.15.